The van der Waals surface area contributed by atoms with Gasteiger partial charge in [0.25, 0.3) is 5.91 Å². The fraction of sp³-hybridized carbons (Fsp3) is 0.222. The molecule has 0 saturated heterocycles. The summed E-state index contributed by atoms with van der Waals surface area (Å²) in [6.07, 6.45) is 0. The maximum Gasteiger partial charge on any atom is 0.260 e. The van der Waals surface area contributed by atoms with Crippen LogP contribution in [0.25, 0.3) is 0 Å². The molecule has 0 saturated carbocycles. The summed E-state index contributed by atoms with van der Waals surface area (Å²) < 4.78 is 23.9. The van der Waals surface area contributed by atoms with Gasteiger partial charge in [-0.1, -0.05) is 17.7 Å². The zero-order valence-electron chi connectivity index (χ0n) is 13.8. The number of carbonyl (C=O) groups excluding carboxylic acids is 1. The molecule has 25 heavy (non-hydrogen) atoms. The monoisotopic (exact) mass is 362 g/mol. The van der Waals surface area contributed by atoms with Gasteiger partial charge in [-0.05, 0) is 35.9 Å². The normalized spacial score (nSPS) is 10.0. The summed E-state index contributed by atoms with van der Waals surface area (Å²) in [5.74, 6) is -0.312. The van der Waals surface area contributed by atoms with E-state index in [-0.39, 0.29) is 29.8 Å². The van der Waals surface area contributed by atoms with Gasteiger partial charge in [0.05, 0.1) is 23.8 Å². The molecule has 0 aliphatic carbocycles. The van der Waals surface area contributed by atoms with Crippen molar-refractivity contribution in [3.63, 3.8) is 0 Å². The molecule has 0 radical (unpaired) electrons. The van der Waals surface area contributed by atoms with E-state index < -0.39 is 5.82 Å². The molecular formula is C18H16ClFN2O3. The van der Waals surface area contributed by atoms with Gasteiger partial charge < -0.3 is 14.4 Å². The fourth-order valence-corrected chi connectivity index (χ4v) is 2.34. The van der Waals surface area contributed by atoms with Crippen LogP contribution < -0.4 is 9.47 Å². The predicted molar refractivity (Wildman–Crippen MR) is 91.1 cm³/mol. The molecule has 5 nitrogen and oxygen atoms in total. The number of halogens is 2. The van der Waals surface area contributed by atoms with Gasteiger partial charge in [0.15, 0.2) is 18.2 Å². The Hall–Kier alpha value is -2.78. The lowest BCUT2D eigenvalue weighted by atomic mass is 10.2. The molecular weight excluding hydrogens is 347 g/mol. The van der Waals surface area contributed by atoms with Gasteiger partial charge in [-0.15, -0.1) is 0 Å². The van der Waals surface area contributed by atoms with Crippen molar-refractivity contribution in [3.05, 3.63) is 58.4 Å². The van der Waals surface area contributed by atoms with Gasteiger partial charge in [-0.25, -0.2) is 4.39 Å². The molecule has 0 aliphatic heterocycles. The third-order valence-electron chi connectivity index (χ3n) is 3.47. The molecule has 2 aromatic carbocycles. The van der Waals surface area contributed by atoms with Crippen molar-refractivity contribution in [3.8, 4) is 17.6 Å². The minimum absolute atomic E-state index is 0.150. The van der Waals surface area contributed by atoms with Gasteiger partial charge >= 0.3 is 0 Å². The van der Waals surface area contributed by atoms with E-state index >= 15 is 0 Å². The Morgan fingerprint density at radius 3 is 2.60 bits per heavy atom. The molecule has 0 atom stereocenters. The molecule has 0 heterocycles. The van der Waals surface area contributed by atoms with E-state index in [4.69, 9.17) is 26.3 Å². The van der Waals surface area contributed by atoms with Crippen molar-refractivity contribution >= 4 is 17.5 Å². The maximum absolute atomic E-state index is 13.7. The van der Waals surface area contributed by atoms with Crippen molar-refractivity contribution in [1.29, 1.82) is 5.26 Å². The second kappa shape index (κ2) is 8.36. The van der Waals surface area contributed by atoms with Crippen molar-refractivity contribution in [1.82, 2.24) is 4.90 Å². The first-order valence-corrected chi connectivity index (χ1v) is 7.71. The highest BCUT2D eigenvalue weighted by Gasteiger charge is 2.13. The van der Waals surface area contributed by atoms with Gasteiger partial charge in [0.1, 0.15) is 5.75 Å². The standard InChI is InChI=1S/C18H16ClFN2O3/c1-22(10-13-4-6-17(24-2)15(20)8-13)18(23)11-25-16-5-3-12(9-21)7-14(16)19/h3-8H,10-11H2,1-2H3. The molecule has 0 spiro atoms. The summed E-state index contributed by atoms with van der Waals surface area (Å²) in [5.41, 5.74) is 1.04. The quantitative estimate of drug-likeness (QED) is 0.790. The summed E-state index contributed by atoms with van der Waals surface area (Å²) >= 11 is 5.99. The number of carbonyl (C=O) groups is 1. The van der Waals surface area contributed by atoms with E-state index in [0.717, 1.165) is 0 Å². The number of rotatable bonds is 6. The summed E-state index contributed by atoms with van der Waals surface area (Å²) in [7, 11) is 2.98. The van der Waals surface area contributed by atoms with Gasteiger partial charge in [-0.2, -0.15) is 5.26 Å². The predicted octanol–water partition coefficient (Wildman–Crippen LogP) is 3.40. The molecule has 130 valence electrons. The largest absolute Gasteiger partial charge is 0.494 e. The lowest BCUT2D eigenvalue weighted by Crippen LogP contribution is -2.31. The molecule has 0 bridgehead atoms. The number of methoxy groups -OCH3 is 1. The van der Waals surface area contributed by atoms with Crippen molar-refractivity contribution in [2.75, 3.05) is 20.8 Å². The second-order valence-corrected chi connectivity index (χ2v) is 5.67. The first-order valence-electron chi connectivity index (χ1n) is 7.33. The SMILES string of the molecule is COc1ccc(CN(C)C(=O)COc2ccc(C#N)cc2Cl)cc1F. The Balaban J connectivity index is 1.94. The lowest BCUT2D eigenvalue weighted by molar-refractivity contribution is -0.132. The molecule has 0 unspecified atom stereocenters. The van der Waals surface area contributed by atoms with Crippen molar-refractivity contribution in [2.24, 2.45) is 0 Å². The van der Waals surface area contributed by atoms with Crippen molar-refractivity contribution < 1.29 is 18.7 Å². The van der Waals surface area contributed by atoms with Crippen LogP contribution in [0.2, 0.25) is 5.02 Å². The molecule has 2 aromatic rings. The van der Waals surface area contributed by atoms with E-state index in [2.05, 4.69) is 0 Å². The molecule has 0 aromatic heterocycles. The van der Waals surface area contributed by atoms with Crippen LogP contribution in [-0.2, 0) is 11.3 Å². The maximum atomic E-state index is 13.7. The first-order chi connectivity index (χ1) is 11.9. The van der Waals surface area contributed by atoms with Crippen LogP contribution in [0.1, 0.15) is 11.1 Å². The minimum Gasteiger partial charge on any atom is -0.494 e. The van der Waals surface area contributed by atoms with E-state index in [1.807, 2.05) is 6.07 Å². The molecule has 1 amide bonds. The van der Waals surface area contributed by atoms with Crippen LogP contribution in [0, 0.1) is 17.1 Å². The summed E-state index contributed by atoms with van der Waals surface area (Å²) in [6.45, 7) is 0.00493. The average Bonchev–Trinajstić information content (AvgIpc) is 2.60. The summed E-state index contributed by atoms with van der Waals surface area (Å²) in [5, 5.41) is 9.05. The third kappa shape index (κ3) is 4.85. The average molecular weight is 363 g/mol. The van der Waals surface area contributed by atoms with E-state index in [0.29, 0.717) is 16.9 Å². The smallest absolute Gasteiger partial charge is 0.260 e. The topological polar surface area (TPSA) is 62.6 Å². The van der Waals surface area contributed by atoms with E-state index in [9.17, 15) is 9.18 Å². The Labute approximate surface area is 150 Å². The minimum atomic E-state index is -0.485. The van der Waals surface area contributed by atoms with Crippen LogP contribution >= 0.6 is 11.6 Å². The molecule has 7 heteroatoms. The van der Waals surface area contributed by atoms with Crippen LogP contribution in [0.15, 0.2) is 36.4 Å². The number of benzene rings is 2. The van der Waals surface area contributed by atoms with Crippen LogP contribution in [0.4, 0.5) is 4.39 Å². The van der Waals surface area contributed by atoms with E-state index in [1.54, 1.807) is 19.2 Å². The van der Waals surface area contributed by atoms with Gasteiger partial charge in [-0.3, -0.25) is 4.79 Å². The highest BCUT2D eigenvalue weighted by molar-refractivity contribution is 6.32. The Morgan fingerprint density at radius 1 is 1.28 bits per heavy atom. The Morgan fingerprint density at radius 2 is 2.00 bits per heavy atom. The highest BCUT2D eigenvalue weighted by Crippen LogP contribution is 2.25. The number of hydrogen-bond donors (Lipinski definition) is 0. The van der Waals surface area contributed by atoms with Crippen LogP contribution in [0.5, 0.6) is 11.5 Å². The summed E-state index contributed by atoms with van der Waals surface area (Å²) in [6, 6.07) is 11.0. The Kier molecular flexibility index (Phi) is 6.20. The number of likely N-dealkylation sites (N-methyl/N-ethyl adjacent to an activating group) is 1. The lowest BCUT2D eigenvalue weighted by Gasteiger charge is -2.18. The van der Waals surface area contributed by atoms with Crippen molar-refractivity contribution in [2.45, 2.75) is 6.54 Å². The number of amides is 1. The molecule has 0 fully saturated rings. The van der Waals surface area contributed by atoms with E-state index in [1.165, 1.54) is 36.3 Å². The highest BCUT2D eigenvalue weighted by atomic mass is 35.5. The zero-order chi connectivity index (χ0) is 18.4. The third-order valence-corrected chi connectivity index (χ3v) is 3.77. The zero-order valence-corrected chi connectivity index (χ0v) is 14.5. The summed E-state index contributed by atoms with van der Waals surface area (Å²) in [4.78, 5) is 13.6. The molecule has 2 rings (SSSR count). The fourth-order valence-electron chi connectivity index (χ4n) is 2.11. The van der Waals surface area contributed by atoms with Crippen LogP contribution in [0.3, 0.4) is 0 Å². The molecule has 0 aliphatic rings. The molecule has 0 N–H and O–H groups in total. The number of nitriles is 1. The number of nitrogens with zero attached hydrogens (tertiary/aromatic N) is 2. The van der Waals surface area contributed by atoms with Crippen LogP contribution in [-0.4, -0.2) is 31.6 Å². The van der Waals surface area contributed by atoms with Gasteiger partial charge in [0, 0.05) is 13.6 Å². The van der Waals surface area contributed by atoms with Gasteiger partial charge in [0.2, 0.25) is 0 Å². The first kappa shape index (κ1) is 18.6. The Bertz CT molecular complexity index is 820. The number of hydrogen-bond acceptors (Lipinski definition) is 4. The number of ether oxygens (including phenoxy) is 2. The second-order valence-electron chi connectivity index (χ2n) is 5.26.